The summed E-state index contributed by atoms with van der Waals surface area (Å²) in [5, 5.41) is 9.18. The lowest BCUT2D eigenvalue weighted by molar-refractivity contribution is -0.152. The van der Waals surface area contributed by atoms with Crippen LogP contribution in [0.5, 0.6) is 0 Å². The molecule has 2 bridgehead atoms. The van der Waals surface area contributed by atoms with Crippen molar-refractivity contribution in [2.24, 2.45) is 16.7 Å². The summed E-state index contributed by atoms with van der Waals surface area (Å²) in [6, 6.07) is 0. The van der Waals surface area contributed by atoms with E-state index in [1.54, 1.807) is 0 Å². The van der Waals surface area contributed by atoms with E-state index in [4.69, 9.17) is 0 Å². The van der Waals surface area contributed by atoms with E-state index in [1.165, 1.54) is 6.42 Å². The predicted octanol–water partition coefficient (Wildman–Crippen LogP) is 2.45. The van der Waals surface area contributed by atoms with Crippen LogP contribution in [0.1, 0.15) is 33.1 Å². The van der Waals surface area contributed by atoms with Gasteiger partial charge in [0.1, 0.15) is 0 Å². The fraction of sp³-hybridized carbons (Fsp3) is 0.727. The summed E-state index contributed by atoms with van der Waals surface area (Å²) in [6.07, 6.45) is 7.62. The van der Waals surface area contributed by atoms with Gasteiger partial charge in [-0.05, 0) is 39.0 Å². The molecule has 0 heterocycles. The van der Waals surface area contributed by atoms with Gasteiger partial charge in [-0.1, -0.05) is 12.2 Å². The maximum Gasteiger partial charge on any atom is 0.309 e. The van der Waals surface area contributed by atoms with Crippen molar-refractivity contribution in [3.63, 3.8) is 0 Å². The molecular formula is C11H16O2. The van der Waals surface area contributed by atoms with Crippen molar-refractivity contribution in [1.82, 2.24) is 0 Å². The Kier molecular flexibility index (Phi) is 1.60. The van der Waals surface area contributed by atoms with Crippen LogP contribution in [0.3, 0.4) is 0 Å². The Bertz CT molecular complexity index is 278. The Morgan fingerprint density at radius 1 is 1.62 bits per heavy atom. The molecule has 1 fully saturated rings. The van der Waals surface area contributed by atoms with E-state index in [0.717, 1.165) is 12.8 Å². The van der Waals surface area contributed by atoms with Gasteiger partial charge in [0.05, 0.1) is 5.41 Å². The van der Waals surface area contributed by atoms with Crippen LogP contribution in [0.4, 0.5) is 0 Å². The Morgan fingerprint density at radius 3 is 2.62 bits per heavy atom. The van der Waals surface area contributed by atoms with Crippen molar-refractivity contribution in [2.45, 2.75) is 33.1 Å². The van der Waals surface area contributed by atoms with Gasteiger partial charge >= 0.3 is 5.97 Å². The first-order valence-electron chi connectivity index (χ1n) is 4.91. The lowest BCUT2D eigenvalue weighted by Gasteiger charge is -2.37. The van der Waals surface area contributed by atoms with Gasteiger partial charge in [0.15, 0.2) is 0 Å². The van der Waals surface area contributed by atoms with Crippen LogP contribution in [-0.4, -0.2) is 11.1 Å². The van der Waals surface area contributed by atoms with Gasteiger partial charge in [0.2, 0.25) is 0 Å². The fourth-order valence-electron chi connectivity index (χ4n) is 2.74. The highest BCUT2D eigenvalue weighted by atomic mass is 16.4. The van der Waals surface area contributed by atoms with Crippen LogP contribution in [0.15, 0.2) is 12.2 Å². The second kappa shape index (κ2) is 2.37. The molecule has 0 radical (unpaired) electrons. The molecule has 0 aliphatic heterocycles. The maximum absolute atomic E-state index is 11.2. The average molecular weight is 180 g/mol. The predicted molar refractivity (Wildman–Crippen MR) is 50.3 cm³/mol. The molecule has 2 aliphatic carbocycles. The van der Waals surface area contributed by atoms with Gasteiger partial charge in [-0.2, -0.15) is 0 Å². The molecule has 0 amide bonds. The highest BCUT2D eigenvalue weighted by Gasteiger charge is 2.54. The number of hydrogen-bond donors (Lipinski definition) is 1. The second-order valence-electron chi connectivity index (χ2n) is 4.95. The maximum atomic E-state index is 11.2. The van der Waals surface area contributed by atoms with Gasteiger partial charge in [-0.15, -0.1) is 0 Å². The van der Waals surface area contributed by atoms with Crippen LogP contribution >= 0.6 is 0 Å². The van der Waals surface area contributed by atoms with Crippen LogP contribution in [0.25, 0.3) is 0 Å². The normalized spacial score (nSPS) is 36.9. The Balaban J connectivity index is 2.35. The molecule has 2 unspecified atom stereocenters. The zero-order chi connectivity index (χ0) is 9.69. The molecule has 1 N–H and O–H groups in total. The van der Waals surface area contributed by atoms with Crippen molar-refractivity contribution in [2.75, 3.05) is 0 Å². The van der Waals surface area contributed by atoms with Crippen LogP contribution in [-0.2, 0) is 4.79 Å². The molecule has 0 aromatic carbocycles. The lowest BCUT2D eigenvalue weighted by atomic mass is 9.65. The van der Waals surface area contributed by atoms with Crippen molar-refractivity contribution in [3.8, 4) is 0 Å². The van der Waals surface area contributed by atoms with Gasteiger partial charge in [-0.25, -0.2) is 0 Å². The minimum atomic E-state index is -0.667. The van der Waals surface area contributed by atoms with Crippen LogP contribution in [0, 0.1) is 16.7 Å². The molecule has 0 saturated heterocycles. The third-order valence-electron chi connectivity index (χ3n) is 4.05. The molecular weight excluding hydrogens is 164 g/mol. The summed E-state index contributed by atoms with van der Waals surface area (Å²) in [4.78, 5) is 11.2. The van der Waals surface area contributed by atoms with Gasteiger partial charge in [-0.3, -0.25) is 4.79 Å². The molecule has 1 saturated carbocycles. The number of carboxylic acids is 1. The summed E-state index contributed by atoms with van der Waals surface area (Å²) < 4.78 is 0. The van der Waals surface area contributed by atoms with Gasteiger partial charge in [0, 0.05) is 5.41 Å². The number of carbonyl (C=O) groups is 1. The molecule has 0 aromatic rings. The minimum absolute atomic E-state index is 0.0521. The third-order valence-corrected chi connectivity index (χ3v) is 4.05. The molecule has 0 aromatic heterocycles. The molecule has 2 nitrogen and oxygen atoms in total. The largest absolute Gasteiger partial charge is 0.481 e. The molecule has 13 heavy (non-hydrogen) atoms. The van der Waals surface area contributed by atoms with Gasteiger partial charge in [0.25, 0.3) is 0 Å². The quantitative estimate of drug-likeness (QED) is 0.663. The highest BCUT2D eigenvalue weighted by molar-refractivity contribution is 5.75. The average Bonchev–Trinajstić information content (AvgIpc) is 2.63. The van der Waals surface area contributed by atoms with E-state index in [0.29, 0.717) is 5.92 Å². The highest BCUT2D eigenvalue weighted by Crippen LogP contribution is 2.58. The van der Waals surface area contributed by atoms with Crippen molar-refractivity contribution in [1.29, 1.82) is 0 Å². The van der Waals surface area contributed by atoms with E-state index >= 15 is 0 Å². The molecule has 2 aliphatic rings. The number of carboxylic acid groups (broad SMARTS) is 1. The number of rotatable bonds is 2. The van der Waals surface area contributed by atoms with Crippen molar-refractivity contribution >= 4 is 5.97 Å². The number of aliphatic carboxylic acids is 1. The molecule has 72 valence electrons. The number of fused-ring (bicyclic) bond motifs is 2. The number of hydrogen-bond acceptors (Lipinski definition) is 1. The molecule has 2 rings (SSSR count). The zero-order valence-electron chi connectivity index (χ0n) is 8.21. The summed E-state index contributed by atoms with van der Waals surface area (Å²) in [6.45, 7) is 3.71. The van der Waals surface area contributed by atoms with E-state index < -0.39 is 11.4 Å². The first-order chi connectivity index (χ1) is 5.98. The van der Waals surface area contributed by atoms with Gasteiger partial charge < -0.3 is 5.11 Å². The first-order valence-corrected chi connectivity index (χ1v) is 4.91. The SMILES string of the molecule is CC(C)(C(=O)O)C12C=CC(CC1)C2. The van der Waals surface area contributed by atoms with E-state index in [-0.39, 0.29) is 5.41 Å². The van der Waals surface area contributed by atoms with Crippen LogP contribution < -0.4 is 0 Å². The minimum Gasteiger partial charge on any atom is -0.481 e. The van der Waals surface area contributed by atoms with Crippen molar-refractivity contribution in [3.05, 3.63) is 12.2 Å². The monoisotopic (exact) mass is 180 g/mol. The summed E-state index contributed by atoms with van der Waals surface area (Å²) in [5.41, 5.74) is -0.655. The molecule has 2 atom stereocenters. The fourth-order valence-corrected chi connectivity index (χ4v) is 2.74. The Labute approximate surface area is 78.6 Å². The number of allylic oxidation sites excluding steroid dienone is 2. The summed E-state index contributed by atoms with van der Waals surface area (Å²) in [5.74, 6) is -0.0154. The molecule has 2 heteroatoms. The summed E-state index contributed by atoms with van der Waals surface area (Å²) in [7, 11) is 0. The van der Waals surface area contributed by atoms with E-state index in [1.807, 2.05) is 13.8 Å². The summed E-state index contributed by atoms with van der Waals surface area (Å²) >= 11 is 0. The Morgan fingerprint density at radius 2 is 2.31 bits per heavy atom. The lowest BCUT2D eigenvalue weighted by Crippen LogP contribution is -2.39. The van der Waals surface area contributed by atoms with E-state index in [9.17, 15) is 9.90 Å². The topological polar surface area (TPSA) is 37.3 Å². The third kappa shape index (κ3) is 0.976. The van der Waals surface area contributed by atoms with Crippen molar-refractivity contribution < 1.29 is 9.90 Å². The van der Waals surface area contributed by atoms with E-state index in [2.05, 4.69) is 12.2 Å². The smallest absolute Gasteiger partial charge is 0.309 e. The first kappa shape index (κ1) is 8.79. The molecule has 0 spiro atoms. The second-order valence-corrected chi connectivity index (χ2v) is 4.95. The van der Waals surface area contributed by atoms with Crippen LogP contribution in [0.2, 0.25) is 0 Å². The standard InChI is InChI=1S/C11H16O2/c1-10(2,9(12)13)11-5-3-8(7-11)4-6-11/h3,5,8H,4,6-7H2,1-2H3,(H,12,13). The Hall–Kier alpha value is -0.790. The zero-order valence-corrected chi connectivity index (χ0v) is 8.21.